The third-order valence-corrected chi connectivity index (χ3v) is 4.18. The molecular formula is C12H12F4N2O2S. The Bertz CT molecular complexity index is 675. The molecule has 0 radical (unpaired) electrons. The first-order valence-electron chi connectivity index (χ1n) is 5.59. The van der Waals surface area contributed by atoms with Crippen molar-refractivity contribution in [2.45, 2.75) is 11.1 Å². The van der Waals surface area contributed by atoms with Crippen LogP contribution in [0.5, 0.6) is 0 Å². The van der Waals surface area contributed by atoms with E-state index in [9.17, 15) is 26.0 Å². The number of nitrogens with two attached hydrogens (primary N) is 1. The number of rotatable bonds is 3. The maximum Gasteiger partial charge on any atom is 0.402 e. The van der Waals surface area contributed by atoms with Gasteiger partial charge in [-0.2, -0.15) is 17.5 Å². The average molecular weight is 324 g/mol. The van der Waals surface area contributed by atoms with Gasteiger partial charge in [-0.05, 0) is 18.2 Å². The van der Waals surface area contributed by atoms with Crippen LogP contribution in [0, 0.1) is 17.7 Å². The summed E-state index contributed by atoms with van der Waals surface area (Å²) in [6, 6.07) is 2.70. The Morgan fingerprint density at radius 2 is 1.95 bits per heavy atom. The van der Waals surface area contributed by atoms with Crippen molar-refractivity contribution in [3.05, 3.63) is 29.6 Å². The Morgan fingerprint density at radius 3 is 2.43 bits per heavy atom. The summed E-state index contributed by atoms with van der Waals surface area (Å²) >= 11 is 0. The minimum absolute atomic E-state index is 0.00614. The van der Waals surface area contributed by atoms with Gasteiger partial charge in [-0.3, -0.25) is 0 Å². The third kappa shape index (κ3) is 4.70. The van der Waals surface area contributed by atoms with Crippen molar-refractivity contribution >= 4 is 10.0 Å². The highest BCUT2D eigenvalue weighted by Crippen LogP contribution is 2.22. The fourth-order valence-corrected chi connectivity index (χ4v) is 2.59. The Balaban J connectivity index is 3.13. The molecular weight excluding hydrogens is 312 g/mol. The number of hydrogen-bond acceptors (Lipinski definition) is 3. The number of benzene rings is 1. The molecule has 0 aliphatic rings. The maximum atomic E-state index is 13.7. The molecule has 116 valence electrons. The van der Waals surface area contributed by atoms with Crippen LogP contribution in [-0.4, -0.2) is 39.0 Å². The summed E-state index contributed by atoms with van der Waals surface area (Å²) in [5.74, 6) is 3.82. The van der Waals surface area contributed by atoms with E-state index in [1.54, 1.807) is 0 Å². The van der Waals surface area contributed by atoms with Gasteiger partial charge in [-0.15, -0.1) is 0 Å². The quantitative estimate of drug-likeness (QED) is 0.674. The number of sulfonamides is 1. The molecule has 0 unspecified atom stereocenters. The van der Waals surface area contributed by atoms with Crippen LogP contribution in [-0.2, 0) is 10.0 Å². The van der Waals surface area contributed by atoms with E-state index in [2.05, 4.69) is 11.8 Å². The predicted octanol–water partition coefficient (Wildman–Crippen LogP) is 1.32. The molecule has 0 saturated carbocycles. The van der Waals surface area contributed by atoms with Gasteiger partial charge in [0.1, 0.15) is 12.4 Å². The van der Waals surface area contributed by atoms with Crippen LogP contribution in [0.4, 0.5) is 17.6 Å². The van der Waals surface area contributed by atoms with E-state index in [0.717, 1.165) is 19.2 Å². The lowest BCUT2D eigenvalue weighted by Crippen LogP contribution is -2.35. The minimum Gasteiger partial charge on any atom is -0.320 e. The van der Waals surface area contributed by atoms with Crippen molar-refractivity contribution in [1.82, 2.24) is 4.31 Å². The standard InChI is InChI=1S/C12H12F4N2O2S/c1-18(8-12(14,15)16)21(19,20)10-5-4-9(3-2-6-17)11(13)7-10/h4-5,7H,6,8,17H2,1H3. The molecule has 0 heterocycles. The van der Waals surface area contributed by atoms with Crippen molar-refractivity contribution in [3.8, 4) is 11.8 Å². The van der Waals surface area contributed by atoms with Crippen LogP contribution in [0.3, 0.4) is 0 Å². The smallest absolute Gasteiger partial charge is 0.320 e. The number of hydrogen-bond donors (Lipinski definition) is 1. The Labute approximate surface area is 119 Å². The molecule has 0 spiro atoms. The first-order chi connectivity index (χ1) is 9.58. The SMILES string of the molecule is CN(CC(F)(F)F)S(=O)(=O)c1ccc(C#CCN)c(F)c1. The first-order valence-corrected chi connectivity index (χ1v) is 7.03. The molecule has 1 rings (SSSR count). The van der Waals surface area contributed by atoms with Gasteiger partial charge >= 0.3 is 6.18 Å². The van der Waals surface area contributed by atoms with Gasteiger partial charge in [0, 0.05) is 7.05 Å². The van der Waals surface area contributed by atoms with Crippen molar-refractivity contribution in [2.75, 3.05) is 20.1 Å². The minimum atomic E-state index is -4.69. The van der Waals surface area contributed by atoms with Crippen LogP contribution in [0.15, 0.2) is 23.1 Å². The zero-order chi connectivity index (χ0) is 16.3. The topological polar surface area (TPSA) is 63.4 Å². The lowest BCUT2D eigenvalue weighted by atomic mass is 10.2. The molecule has 1 aromatic rings. The van der Waals surface area contributed by atoms with Crippen molar-refractivity contribution < 1.29 is 26.0 Å². The van der Waals surface area contributed by atoms with Crippen LogP contribution in [0.1, 0.15) is 5.56 Å². The largest absolute Gasteiger partial charge is 0.402 e. The lowest BCUT2D eigenvalue weighted by molar-refractivity contribution is -0.134. The first kappa shape index (κ1) is 17.4. The second-order valence-corrected chi connectivity index (χ2v) is 6.07. The summed E-state index contributed by atoms with van der Waals surface area (Å²) in [5.41, 5.74) is 5.03. The second kappa shape index (κ2) is 6.43. The zero-order valence-corrected chi connectivity index (χ0v) is 11.7. The molecule has 0 amide bonds. The molecule has 4 nitrogen and oxygen atoms in total. The predicted molar refractivity (Wildman–Crippen MR) is 68.2 cm³/mol. The molecule has 0 aliphatic heterocycles. The van der Waals surface area contributed by atoms with Gasteiger partial charge in [0.25, 0.3) is 0 Å². The van der Waals surface area contributed by atoms with E-state index in [1.165, 1.54) is 0 Å². The van der Waals surface area contributed by atoms with E-state index in [4.69, 9.17) is 5.73 Å². The molecule has 2 N–H and O–H groups in total. The molecule has 0 atom stereocenters. The van der Waals surface area contributed by atoms with E-state index in [1.807, 2.05) is 0 Å². The normalized spacial score (nSPS) is 12.1. The molecule has 0 aromatic heterocycles. The van der Waals surface area contributed by atoms with Gasteiger partial charge in [0.05, 0.1) is 17.0 Å². The Hall–Kier alpha value is -1.63. The van der Waals surface area contributed by atoms with Gasteiger partial charge in [-0.1, -0.05) is 11.8 Å². The average Bonchev–Trinajstić information content (AvgIpc) is 2.35. The fraction of sp³-hybridized carbons (Fsp3) is 0.333. The summed E-state index contributed by atoms with van der Waals surface area (Å²) in [4.78, 5) is -0.579. The van der Waals surface area contributed by atoms with Crippen molar-refractivity contribution in [1.29, 1.82) is 0 Å². The number of nitrogens with zero attached hydrogens (tertiary/aromatic N) is 1. The van der Waals surface area contributed by atoms with E-state index in [-0.39, 0.29) is 16.4 Å². The van der Waals surface area contributed by atoms with Gasteiger partial charge < -0.3 is 5.73 Å². The molecule has 1 aromatic carbocycles. The highest BCUT2D eigenvalue weighted by molar-refractivity contribution is 7.89. The number of halogens is 4. The summed E-state index contributed by atoms with van der Waals surface area (Å²) in [7, 11) is -3.66. The lowest BCUT2D eigenvalue weighted by Gasteiger charge is -2.18. The molecule has 0 aliphatic carbocycles. The summed E-state index contributed by atoms with van der Waals surface area (Å²) < 4.78 is 74.2. The second-order valence-electron chi connectivity index (χ2n) is 4.02. The zero-order valence-electron chi connectivity index (χ0n) is 10.9. The van der Waals surface area contributed by atoms with Crippen LogP contribution in [0.2, 0.25) is 0 Å². The Kier molecular flexibility index (Phi) is 5.33. The van der Waals surface area contributed by atoms with E-state index >= 15 is 0 Å². The van der Waals surface area contributed by atoms with Crippen LogP contribution >= 0.6 is 0 Å². The molecule has 0 bridgehead atoms. The van der Waals surface area contributed by atoms with Gasteiger partial charge in [0.15, 0.2) is 0 Å². The number of alkyl halides is 3. The summed E-state index contributed by atoms with van der Waals surface area (Å²) in [6.07, 6.45) is -4.69. The monoisotopic (exact) mass is 324 g/mol. The van der Waals surface area contributed by atoms with Crippen LogP contribution in [0.25, 0.3) is 0 Å². The molecule has 21 heavy (non-hydrogen) atoms. The van der Waals surface area contributed by atoms with Crippen molar-refractivity contribution in [3.63, 3.8) is 0 Å². The highest BCUT2D eigenvalue weighted by atomic mass is 32.2. The summed E-state index contributed by atoms with van der Waals surface area (Å²) in [6.45, 7) is -1.67. The fourth-order valence-electron chi connectivity index (χ4n) is 1.42. The van der Waals surface area contributed by atoms with E-state index in [0.29, 0.717) is 6.07 Å². The third-order valence-electron chi connectivity index (χ3n) is 2.38. The molecule has 0 saturated heterocycles. The highest BCUT2D eigenvalue weighted by Gasteiger charge is 2.35. The van der Waals surface area contributed by atoms with Crippen LogP contribution < -0.4 is 5.73 Å². The van der Waals surface area contributed by atoms with Gasteiger partial charge in [-0.25, -0.2) is 12.8 Å². The van der Waals surface area contributed by atoms with Crippen molar-refractivity contribution in [2.24, 2.45) is 5.73 Å². The Morgan fingerprint density at radius 1 is 1.33 bits per heavy atom. The molecule has 9 heteroatoms. The van der Waals surface area contributed by atoms with Gasteiger partial charge in [0.2, 0.25) is 10.0 Å². The molecule has 0 fully saturated rings. The summed E-state index contributed by atoms with van der Waals surface area (Å²) in [5, 5.41) is 0. The maximum absolute atomic E-state index is 13.7. The van der Waals surface area contributed by atoms with E-state index < -0.39 is 33.5 Å².